The Hall–Kier alpha value is -1.75. The number of sulfonamides is 1. The van der Waals surface area contributed by atoms with Gasteiger partial charge in [0.05, 0.1) is 18.5 Å². The van der Waals surface area contributed by atoms with Crippen LogP contribution in [0.3, 0.4) is 0 Å². The predicted octanol–water partition coefficient (Wildman–Crippen LogP) is 3.66. The second kappa shape index (κ2) is 11.5. The van der Waals surface area contributed by atoms with Crippen LogP contribution >= 0.6 is 0 Å². The van der Waals surface area contributed by atoms with E-state index in [0.29, 0.717) is 31.1 Å². The first kappa shape index (κ1) is 26.3. The Balaban J connectivity index is 1.59. The van der Waals surface area contributed by atoms with Crippen LogP contribution in [0.25, 0.3) is 11.0 Å². The minimum Gasteiger partial charge on any atom is -0.393 e. The number of piperidine rings is 1. The summed E-state index contributed by atoms with van der Waals surface area (Å²) in [5.41, 5.74) is 2.16. The number of hydrogen-bond donors (Lipinski definition) is 2. The van der Waals surface area contributed by atoms with Crippen molar-refractivity contribution in [2.45, 2.75) is 89.3 Å². The first-order valence-electron chi connectivity index (χ1n) is 13.1. The largest absolute Gasteiger partial charge is 0.393 e. The maximum Gasteiger partial charge on any atom is 0.224 e. The number of aliphatic hydroxyl groups excluding tert-OH is 1. The van der Waals surface area contributed by atoms with E-state index in [-0.39, 0.29) is 24.4 Å². The average Bonchev–Trinajstić information content (AvgIpc) is 3.22. The zero-order chi connectivity index (χ0) is 25.0. The fourth-order valence-corrected chi connectivity index (χ4v) is 6.95. The van der Waals surface area contributed by atoms with Gasteiger partial charge in [0.1, 0.15) is 5.65 Å². The fourth-order valence-electron chi connectivity index (χ4n) is 5.55. The molecule has 0 unspecified atom stereocenters. The van der Waals surface area contributed by atoms with Crippen LogP contribution in [0, 0.1) is 0 Å². The van der Waals surface area contributed by atoms with Crippen molar-refractivity contribution in [2.24, 2.45) is 0 Å². The molecule has 196 valence electrons. The molecule has 1 saturated heterocycles. The lowest BCUT2D eigenvalue weighted by Crippen LogP contribution is -2.39. The number of aromatic nitrogens is 3. The van der Waals surface area contributed by atoms with Crippen molar-refractivity contribution in [3.8, 4) is 0 Å². The van der Waals surface area contributed by atoms with Gasteiger partial charge < -0.3 is 19.7 Å². The third-order valence-corrected chi connectivity index (χ3v) is 9.43. The van der Waals surface area contributed by atoms with Crippen molar-refractivity contribution in [1.82, 2.24) is 18.8 Å². The molecule has 2 fully saturated rings. The van der Waals surface area contributed by atoms with Crippen molar-refractivity contribution in [1.29, 1.82) is 0 Å². The highest BCUT2D eigenvalue weighted by molar-refractivity contribution is 7.89. The first-order chi connectivity index (χ1) is 16.8. The van der Waals surface area contributed by atoms with Gasteiger partial charge in [0.15, 0.2) is 0 Å². The number of ether oxygens (including phenoxy) is 1. The lowest BCUT2D eigenvalue weighted by Gasteiger charge is -2.31. The number of nitrogens with zero attached hydrogens (tertiary/aromatic N) is 4. The Morgan fingerprint density at radius 3 is 2.57 bits per heavy atom. The van der Waals surface area contributed by atoms with Gasteiger partial charge in [-0.1, -0.05) is 13.3 Å². The SMILES string of the molecule is CCC[C@H](C)Nc1ncc2c(C3CCN(S(=O)(=O)CCOC)CC3)cn([C@H]3CC[C@H](O)CC3)c2n1. The number of rotatable bonds is 10. The van der Waals surface area contributed by atoms with Gasteiger partial charge in [0, 0.05) is 50.1 Å². The molecular formula is C25H41N5O4S. The predicted molar refractivity (Wildman–Crippen MR) is 138 cm³/mol. The van der Waals surface area contributed by atoms with Crippen LogP contribution < -0.4 is 5.32 Å². The molecule has 2 aliphatic rings. The highest BCUT2D eigenvalue weighted by Crippen LogP contribution is 2.38. The molecule has 0 aromatic carbocycles. The summed E-state index contributed by atoms with van der Waals surface area (Å²) in [5.74, 6) is 0.948. The van der Waals surface area contributed by atoms with Crippen LogP contribution in [0.4, 0.5) is 5.95 Å². The lowest BCUT2D eigenvalue weighted by molar-refractivity contribution is 0.111. The summed E-state index contributed by atoms with van der Waals surface area (Å²) >= 11 is 0. The third-order valence-electron chi connectivity index (χ3n) is 7.59. The van der Waals surface area contributed by atoms with E-state index in [0.717, 1.165) is 62.4 Å². The van der Waals surface area contributed by atoms with Crippen LogP contribution in [0.15, 0.2) is 12.4 Å². The van der Waals surface area contributed by atoms with E-state index in [9.17, 15) is 13.5 Å². The van der Waals surface area contributed by atoms with Gasteiger partial charge in [0.25, 0.3) is 0 Å². The zero-order valence-corrected chi connectivity index (χ0v) is 22.1. The van der Waals surface area contributed by atoms with E-state index < -0.39 is 10.0 Å². The number of anilines is 1. The molecule has 0 spiro atoms. The van der Waals surface area contributed by atoms with Gasteiger partial charge in [-0.05, 0) is 63.4 Å². The Labute approximate surface area is 209 Å². The normalized spacial score (nSPS) is 23.5. The first-order valence-corrected chi connectivity index (χ1v) is 14.7. The summed E-state index contributed by atoms with van der Waals surface area (Å²) in [6.07, 6.45) is 11.2. The topological polar surface area (TPSA) is 110 Å². The van der Waals surface area contributed by atoms with E-state index in [1.807, 2.05) is 6.20 Å². The Morgan fingerprint density at radius 2 is 1.91 bits per heavy atom. The summed E-state index contributed by atoms with van der Waals surface area (Å²) in [7, 11) is -1.76. The molecule has 3 heterocycles. The number of hydrogen-bond acceptors (Lipinski definition) is 7. The molecule has 10 heteroatoms. The van der Waals surface area contributed by atoms with E-state index >= 15 is 0 Å². The summed E-state index contributed by atoms with van der Waals surface area (Å²) in [5, 5.41) is 14.5. The average molecular weight is 508 g/mol. The molecule has 0 radical (unpaired) electrons. The minimum atomic E-state index is -3.29. The fraction of sp³-hybridized carbons (Fsp3) is 0.760. The summed E-state index contributed by atoms with van der Waals surface area (Å²) in [6, 6.07) is 0.606. The smallest absolute Gasteiger partial charge is 0.224 e. The molecule has 1 saturated carbocycles. The van der Waals surface area contributed by atoms with Crippen LogP contribution in [-0.2, 0) is 14.8 Å². The van der Waals surface area contributed by atoms with Crippen LogP contribution in [-0.4, -0.2) is 77.1 Å². The molecule has 2 aromatic heterocycles. The molecule has 0 amide bonds. The highest BCUT2D eigenvalue weighted by atomic mass is 32.2. The minimum absolute atomic E-state index is 0.0288. The molecular weight excluding hydrogens is 466 g/mol. The van der Waals surface area contributed by atoms with Crippen LogP contribution in [0.1, 0.15) is 82.7 Å². The van der Waals surface area contributed by atoms with Crippen molar-refractivity contribution in [2.75, 3.05) is 37.9 Å². The number of methoxy groups -OCH3 is 1. The molecule has 35 heavy (non-hydrogen) atoms. The van der Waals surface area contributed by atoms with Gasteiger partial charge in [-0.15, -0.1) is 0 Å². The van der Waals surface area contributed by atoms with E-state index in [2.05, 4.69) is 34.9 Å². The van der Waals surface area contributed by atoms with Gasteiger partial charge in [-0.25, -0.2) is 17.7 Å². The van der Waals surface area contributed by atoms with Gasteiger partial charge in [-0.3, -0.25) is 0 Å². The number of aliphatic hydroxyl groups is 1. The monoisotopic (exact) mass is 507 g/mol. The van der Waals surface area contributed by atoms with Gasteiger partial charge >= 0.3 is 0 Å². The molecule has 2 aromatic rings. The summed E-state index contributed by atoms with van der Waals surface area (Å²) < 4.78 is 34.1. The van der Waals surface area contributed by atoms with Crippen LogP contribution in [0.2, 0.25) is 0 Å². The van der Waals surface area contributed by atoms with Crippen molar-refractivity contribution in [3.63, 3.8) is 0 Å². The molecule has 1 aliphatic carbocycles. The molecule has 0 bridgehead atoms. The maximum atomic E-state index is 12.6. The van der Waals surface area contributed by atoms with Crippen molar-refractivity contribution in [3.05, 3.63) is 18.0 Å². The van der Waals surface area contributed by atoms with Crippen molar-refractivity contribution < 1.29 is 18.3 Å². The lowest BCUT2D eigenvalue weighted by atomic mass is 9.90. The molecule has 1 aliphatic heterocycles. The zero-order valence-electron chi connectivity index (χ0n) is 21.3. The van der Waals surface area contributed by atoms with Crippen molar-refractivity contribution >= 4 is 27.0 Å². The molecule has 2 N–H and O–H groups in total. The van der Waals surface area contributed by atoms with E-state index in [4.69, 9.17) is 9.72 Å². The van der Waals surface area contributed by atoms with Gasteiger partial charge in [0.2, 0.25) is 16.0 Å². The standard InChI is InChI=1S/C25H41N5O4S/c1-4-5-18(2)27-25-26-16-22-23(17-30(24(22)28-25)20-6-8-21(31)9-7-20)19-10-12-29(13-11-19)35(32,33)15-14-34-3/h16-21,31H,4-15H2,1-3H3,(H,26,27,28)/t18-,20-,21-/m0/s1. The second-order valence-corrected chi connectivity index (χ2v) is 12.3. The van der Waals surface area contributed by atoms with E-state index in [1.54, 1.807) is 4.31 Å². The molecule has 4 rings (SSSR count). The quantitative estimate of drug-likeness (QED) is 0.505. The van der Waals surface area contributed by atoms with Crippen LogP contribution in [0.5, 0.6) is 0 Å². The summed E-state index contributed by atoms with van der Waals surface area (Å²) in [4.78, 5) is 9.60. The third kappa shape index (κ3) is 6.15. The van der Waals surface area contributed by atoms with E-state index in [1.165, 1.54) is 12.7 Å². The molecule has 9 nitrogen and oxygen atoms in total. The Kier molecular flexibility index (Phi) is 8.67. The number of nitrogens with one attached hydrogen (secondary N) is 1. The Bertz CT molecular complexity index is 1070. The second-order valence-electron chi connectivity index (χ2n) is 10.2. The molecule has 1 atom stereocenters. The Morgan fingerprint density at radius 1 is 1.20 bits per heavy atom. The number of fused-ring (bicyclic) bond motifs is 1. The maximum absolute atomic E-state index is 12.6. The highest BCUT2D eigenvalue weighted by Gasteiger charge is 2.31. The summed E-state index contributed by atoms with van der Waals surface area (Å²) in [6.45, 7) is 5.59. The van der Waals surface area contributed by atoms with Gasteiger partial charge in [-0.2, -0.15) is 4.98 Å².